The van der Waals surface area contributed by atoms with Crippen LogP contribution in [-0.2, 0) is 7.86 Å². The number of carboxylic acids is 1. The number of urea groups is 1. The fraction of sp³-hybridized carbons (Fsp3) is 0.818. The van der Waals surface area contributed by atoms with Crippen LogP contribution in [0.2, 0.25) is 0 Å². The Hall–Kier alpha value is -0.380. The highest BCUT2D eigenvalue weighted by Crippen LogP contribution is 2.33. The third kappa shape index (κ3) is 3.80. The van der Waals surface area contributed by atoms with Crippen LogP contribution in [0.5, 0.6) is 0 Å². The Labute approximate surface area is 126 Å². The summed E-state index contributed by atoms with van der Waals surface area (Å²) in [5.74, 6) is -0.394. The number of rotatable bonds is 7. The highest BCUT2D eigenvalue weighted by atomic mass is 127. The van der Waals surface area contributed by atoms with Gasteiger partial charge in [0.1, 0.15) is 21.2 Å². The second kappa shape index (κ2) is 6.87. The zero-order valence-corrected chi connectivity index (χ0v) is 13.3. The van der Waals surface area contributed by atoms with Gasteiger partial charge in [0.25, 0.3) is 0 Å². The Bertz CT molecular complexity index is 382. The van der Waals surface area contributed by atoms with E-state index < -0.39 is 33.1 Å². The van der Waals surface area contributed by atoms with Gasteiger partial charge in [-0.15, -0.1) is 0 Å². The monoisotopic (exact) mass is 400 g/mol. The minimum Gasteiger partial charge on any atom is -0.481 e. The SMILES string of the molecule is O=ICC(CCC[C@@H]1SC[C@@H]2NC(=O)N[C@@H]21)C(=O)O. The molecular weight excluding hydrogens is 383 g/mol. The largest absolute Gasteiger partial charge is 0.481 e. The molecule has 1 unspecified atom stereocenters. The number of aliphatic carboxylic acids is 1. The molecule has 4 atom stereocenters. The molecule has 0 spiro atoms. The number of hydrogen-bond donors (Lipinski definition) is 3. The van der Waals surface area contributed by atoms with Crippen molar-refractivity contribution in [1.29, 1.82) is 0 Å². The summed E-state index contributed by atoms with van der Waals surface area (Å²) in [4.78, 5) is 22.2. The van der Waals surface area contributed by atoms with Gasteiger partial charge in [-0.25, -0.2) is 4.79 Å². The first-order valence-corrected chi connectivity index (χ1v) is 9.70. The van der Waals surface area contributed by atoms with Gasteiger partial charge < -0.3 is 15.7 Å². The smallest absolute Gasteiger partial charge is 0.315 e. The quantitative estimate of drug-likeness (QED) is 0.341. The molecule has 6 nitrogen and oxygen atoms in total. The Morgan fingerprint density at radius 1 is 1.53 bits per heavy atom. The molecule has 0 saturated carbocycles. The first-order chi connectivity index (χ1) is 9.11. The fourth-order valence-electron chi connectivity index (χ4n) is 2.55. The van der Waals surface area contributed by atoms with Gasteiger partial charge in [-0.05, 0) is 12.8 Å². The average molecular weight is 400 g/mol. The van der Waals surface area contributed by atoms with E-state index in [9.17, 15) is 12.7 Å². The lowest BCUT2D eigenvalue weighted by Crippen LogP contribution is -2.36. The third-order valence-corrected chi connectivity index (χ3v) is 6.51. The molecule has 2 rings (SSSR count). The van der Waals surface area contributed by atoms with E-state index >= 15 is 0 Å². The van der Waals surface area contributed by atoms with Crippen molar-refractivity contribution in [3.8, 4) is 0 Å². The number of alkyl halides is 1. The van der Waals surface area contributed by atoms with Crippen LogP contribution < -0.4 is 10.6 Å². The van der Waals surface area contributed by atoms with Crippen LogP contribution in [0.3, 0.4) is 0 Å². The first kappa shape index (κ1) is 15.0. The average Bonchev–Trinajstić information content (AvgIpc) is 2.88. The predicted octanol–water partition coefficient (Wildman–Crippen LogP) is 1.34. The maximum atomic E-state index is 11.2. The third-order valence-electron chi connectivity index (χ3n) is 3.58. The lowest BCUT2D eigenvalue weighted by atomic mass is 9.99. The molecule has 2 heterocycles. The van der Waals surface area contributed by atoms with Gasteiger partial charge in [0.15, 0.2) is 0 Å². The van der Waals surface area contributed by atoms with E-state index in [4.69, 9.17) is 5.11 Å². The van der Waals surface area contributed by atoms with E-state index in [0.717, 1.165) is 18.6 Å². The van der Waals surface area contributed by atoms with Crippen LogP contribution >= 0.6 is 33.0 Å². The number of carboxylic acid groups (broad SMARTS) is 1. The van der Waals surface area contributed by atoms with Crippen LogP contribution in [-0.4, -0.2) is 44.6 Å². The van der Waals surface area contributed by atoms with E-state index in [1.165, 1.54) is 0 Å². The topological polar surface area (TPSA) is 95.5 Å². The normalized spacial score (nSPS) is 30.5. The number of halogens is 1. The van der Waals surface area contributed by atoms with Gasteiger partial charge in [0.05, 0.1) is 18.0 Å². The van der Waals surface area contributed by atoms with Crippen molar-refractivity contribution in [3.63, 3.8) is 0 Å². The number of carbonyl (C=O) groups excluding carboxylic acids is 1. The van der Waals surface area contributed by atoms with Crippen molar-refractivity contribution in [1.82, 2.24) is 10.6 Å². The lowest BCUT2D eigenvalue weighted by Gasteiger charge is -2.17. The molecule has 8 heteroatoms. The summed E-state index contributed by atoms with van der Waals surface area (Å²) in [7, 11) is 0. The molecule has 2 aliphatic heterocycles. The number of amides is 2. The van der Waals surface area contributed by atoms with E-state index in [1.54, 1.807) is 0 Å². The van der Waals surface area contributed by atoms with Gasteiger partial charge in [0, 0.05) is 15.4 Å². The summed E-state index contributed by atoms with van der Waals surface area (Å²) in [5, 5.41) is 15.2. The molecule has 3 N–H and O–H groups in total. The maximum Gasteiger partial charge on any atom is 0.315 e. The van der Waals surface area contributed by atoms with Crippen LogP contribution in [0.1, 0.15) is 19.3 Å². The van der Waals surface area contributed by atoms with Crippen LogP contribution in [0.25, 0.3) is 0 Å². The highest BCUT2D eigenvalue weighted by molar-refractivity contribution is 14.1. The molecular formula is C11H17IN2O4S. The van der Waals surface area contributed by atoms with Crippen molar-refractivity contribution in [2.75, 3.05) is 10.2 Å². The summed E-state index contributed by atoms with van der Waals surface area (Å²) < 4.78 is 11.0. The summed E-state index contributed by atoms with van der Waals surface area (Å²) >= 11 is 0.616. The molecule has 0 aromatic rings. The Balaban J connectivity index is 1.75. The second-order valence-corrected chi connectivity index (χ2v) is 7.63. The molecule has 0 radical (unpaired) electrons. The molecule has 0 aromatic carbocycles. The number of nitrogens with one attached hydrogen (secondary N) is 2. The molecule has 0 aliphatic carbocycles. The number of hydrogen-bond acceptors (Lipinski definition) is 4. The molecule has 108 valence electrons. The zero-order valence-electron chi connectivity index (χ0n) is 10.3. The molecule has 2 saturated heterocycles. The van der Waals surface area contributed by atoms with Gasteiger partial charge in [-0.2, -0.15) is 11.8 Å². The maximum absolute atomic E-state index is 11.2. The van der Waals surface area contributed by atoms with Gasteiger partial charge in [-0.3, -0.25) is 7.86 Å². The number of carbonyl (C=O) groups is 2. The Morgan fingerprint density at radius 2 is 2.32 bits per heavy atom. The summed E-state index contributed by atoms with van der Waals surface area (Å²) in [5.41, 5.74) is 0. The number of thioether (sulfide) groups is 1. The van der Waals surface area contributed by atoms with Crippen LogP contribution in [0.15, 0.2) is 0 Å². The summed E-state index contributed by atoms with van der Waals surface area (Å²) in [6.45, 7) is 0. The molecule has 2 fully saturated rings. The minimum absolute atomic E-state index is 0.0974. The van der Waals surface area contributed by atoms with Crippen molar-refractivity contribution < 1.29 is 17.8 Å². The van der Waals surface area contributed by atoms with Crippen LogP contribution in [0, 0.1) is 5.92 Å². The molecule has 0 bridgehead atoms. The fourth-order valence-corrected chi connectivity index (χ4v) is 5.35. The van der Waals surface area contributed by atoms with Gasteiger partial charge in [0.2, 0.25) is 0 Å². The Morgan fingerprint density at radius 3 is 3.00 bits per heavy atom. The van der Waals surface area contributed by atoms with E-state index in [1.807, 2.05) is 11.8 Å². The zero-order chi connectivity index (χ0) is 13.8. The minimum atomic E-state index is -1.21. The number of fused-ring (bicyclic) bond motifs is 1. The predicted molar refractivity (Wildman–Crippen MR) is 80.0 cm³/mol. The van der Waals surface area contributed by atoms with Crippen molar-refractivity contribution in [3.05, 3.63) is 0 Å². The summed E-state index contributed by atoms with van der Waals surface area (Å²) in [6.07, 6.45) is 2.28. The summed E-state index contributed by atoms with van der Waals surface area (Å²) in [6, 6.07) is 0.290. The van der Waals surface area contributed by atoms with Crippen molar-refractivity contribution in [2.45, 2.75) is 36.6 Å². The highest BCUT2D eigenvalue weighted by Gasteiger charge is 2.42. The van der Waals surface area contributed by atoms with E-state index in [0.29, 0.717) is 16.1 Å². The van der Waals surface area contributed by atoms with Gasteiger partial charge >= 0.3 is 12.0 Å². The second-order valence-electron chi connectivity index (χ2n) is 4.85. The molecule has 19 heavy (non-hydrogen) atoms. The lowest BCUT2D eigenvalue weighted by molar-refractivity contribution is -0.141. The molecule has 0 aromatic heterocycles. The van der Waals surface area contributed by atoms with Crippen molar-refractivity contribution >= 4 is 45.0 Å². The van der Waals surface area contributed by atoms with E-state index in [-0.39, 0.29) is 18.1 Å². The molecule has 2 aliphatic rings. The Kier molecular flexibility index (Phi) is 5.43. The molecule has 2 amide bonds. The van der Waals surface area contributed by atoms with Crippen LogP contribution in [0.4, 0.5) is 4.79 Å². The standard InChI is InChI=1S/C11H17IN2O4S/c15-10(16)6(4-12-18)2-1-3-8-9-7(5-19-8)13-11(17)14-9/h6-9H,1-5H2,(H,15,16)(H2,13,14,17)/t6?,7-,8-,9-/m0/s1. The first-order valence-electron chi connectivity index (χ1n) is 6.24. The van der Waals surface area contributed by atoms with Crippen molar-refractivity contribution in [2.24, 2.45) is 5.92 Å². The van der Waals surface area contributed by atoms with E-state index in [2.05, 4.69) is 10.6 Å². The van der Waals surface area contributed by atoms with Gasteiger partial charge in [-0.1, -0.05) is 6.42 Å².